The minimum absolute atomic E-state index is 0.0798. The molecule has 208 valence electrons. The van der Waals surface area contributed by atoms with Crippen LogP contribution < -0.4 is 14.2 Å². The summed E-state index contributed by atoms with van der Waals surface area (Å²) in [5.74, 6) is 1.52. The van der Waals surface area contributed by atoms with Gasteiger partial charge in [-0.3, -0.25) is 9.59 Å². The molecule has 0 aliphatic heterocycles. The van der Waals surface area contributed by atoms with Gasteiger partial charge in [0, 0.05) is 31.5 Å². The Hall–Kier alpha value is -4.00. The normalized spacial score (nSPS) is 10.6. The van der Waals surface area contributed by atoms with E-state index in [1.54, 1.807) is 26.4 Å². The van der Waals surface area contributed by atoms with Gasteiger partial charge in [0.25, 0.3) is 0 Å². The molecule has 0 bridgehead atoms. The van der Waals surface area contributed by atoms with E-state index in [2.05, 4.69) is 48.1 Å². The lowest BCUT2D eigenvalue weighted by Gasteiger charge is -2.26. The van der Waals surface area contributed by atoms with Gasteiger partial charge in [0.2, 0.25) is 5.91 Å². The van der Waals surface area contributed by atoms with E-state index in [1.165, 1.54) is 7.11 Å². The molecule has 0 N–H and O–H groups in total. The van der Waals surface area contributed by atoms with Crippen LogP contribution in [0.2, 0.25) is 0 Å². The fourth-order valence-electron chi connectivity index (χ4n) is 4.27. The minimum Gasteiger partial charge on any atom is -0.496 e. The second-order valence-corrected chi connectivity index (χ2v) is 9.25. The predicted molar refractivity (Wildman–Crippen MR) is 152 cm³/mol. The number of ether oxygens (including phenoxy) is 4. The van der Waals surface area contributed by atoms with Gasteiger partial charge in [0.1, 0.15) is 17.2 Å². The molecule has 0 aromatic heterocycles. The molecule has 3 rings (SSSR count). The van der Waals surface area contributed by atoms with Crippen LogP contribution in [0, 0.1) is 0 Å². The highest BCUT2D eigenvalue weighted by atomic mass is 16.5. The van der Waals surface area contributed by atoms with E-state index < -0.39 is 0 Å². The molecule has 0 aliphatic rings. The Morgan fingerprint density at radius 3 is 2.00 bits per heavy atom. The Balaban J connectivity index is 1.80. The van der Waals surface area contributed by atoms with Crippen LogP contribution in [-0.4, -0.2) is 44.7 Å². The monoisotopic (exact) mass is 533 g/mol. The average molecular weight is 534 g/mol. The van der Waals surface area contributed by atoms with Gasteiger partial charge in [0.15, 0.2) is 0 Å². The first kappa shape index (κ1) is 29.6. The molecule has 39 heavy (non-hydrogen) atoms. The van der Waals surface area contributed by atoms with Gasteiger partial charge in [-0.2, -0.15) is 0 Å². The number of esters is 1. The summed E-state index contributed by atoms with van der Waals surface area (Å²) < 4.78 is 21.9. The zero-order chi connectivity index (χ0) is 28.0. The van der Waals surface area contributed by atoms with Crippen LogP contribution in [0.5, 0.6) is 17.2 Å². The minimum atomic E-state index is -0.272. The Kier molecular flexibility index (Phi) is 11.7. The topological polar surface area (TPSA) is 74.3 Å². The molecule has 0 heterocycles. The van der Waals surface area contributed by atoms with Crippen LogP contribution in [0.1, 0.15) is 50.2 Å². The van der Waals surface area contributed by atoms with E-state index in [4.69, 9.17) is 14.2 Å². The third-order valence-electron chi connectivity index (χ3n) is 6.48. The molecule has 0 saturated heterocycles. The van der Waals surface area contributed by atoms with Crippen molar-refractivity contribution in [1.29, 1.82) is 0 Å². The second kappa shape index (κ2) is 15.4. The lowest BCUT2D eigenvalue weighted by atomic mass is 10.0. The van der Waals surface area contributed by atoms with Crippen LogP contribution in [0.25, 0.3) is 11.1 Å². The molecule has 0 saturated carbocycles. The summed E-state index contributed by atoms with van der Waals surface area (Å²) in [7, 11) is 4.55. The SMILES string of the molecule is CCCCC(=O)N(Cc1ccc(-c2ccccc2)cc1)Cc1c(OC)cc(OCCCC(=O)OC)cc1OC. The summed E-state index contributed by atoms with van der Waals surface area (Å²) in [6.45, 7) is 3.23. The van der Waals surface area contributed by atoms with Crippen molar-refractivity contribution < 1.29 is 28.5 Å². The maximum atomic E-state index is 13.3. The maximum absolute atomic E-state index is 13.3. The summed E-state index contributed by atoms with van der Waals surface area (Å²) in [5, 5.41) is 0. The average Bonchev–Trinajstić information content (AvgIpc) is 2.98. The molecular formula is C32H39NO6. The molecule has 0 unspecified atom stereocenters. The van der Waals surface area contributed by atoms with Crippen molar-refractivity contribution in [2.24, 2.45) is 0 Å². The van der Waals surface area contributed by atoms with Crippen LogP contribution in [0.3, 0.4) is 0 Å². The molecule has 0 atom stereocenters. The van der Waals surface area contributed by atoms with E-state index >= 15 is 0 Å². The molecule has 3 aromatic carbocycles. The van der Waals surface area contributed by atoms with Crippen LogP contribution in [0.15, 0.2) is 66.7 Å². The van der Waals surface area contributed by atoms with Gasteiger partial charge >= 0.3 is 5.97 Å². The molecule has 3 aromatic rings. The Morgan fingerprint density at radius 1 is 0.769 bits per heavy atom. The molecule has 7 heteroatoms. The van der Waals surface area contributed by atoms with Gasteiger partial charge in [-0.15, -0.1) is 0 Å². The predicted octanol–water partition coefficient (Wildman–Crippen LogP) is 6.42. The van der Waals surface area contributed by atoms with Crippen molar-refractivity contribution in [2.75, 3.05) is 27.9 Å². The first-order valence-electron chi connectivity index (χ1n) is 13.4. The highest BCUT2D eigenvalue weighted by Crippen LogP contribution is 2.36. The van der Waals surface area contributed by atoms with Crippen LogP contribution in [0.4, 0.5) is 0 Å². The smallest absolute Gasteiger partial charge is 0.305 e. The summed E-state index contributed by atoms with van der Waals surface area (Å²) >= 11 is 0. The van der Waals surface area contributed by atoms with E-state index in [0.29, 0.717) is 49.8 Å². The van der Waals surface area contributed by atoms with E-state index in [9.17, 15) is 9.59 Å². The first-order valence-corrected chi connectivity index (χ1v) is 13.4. The number of benzene rings is 3. The van der Waals surface area contributed by atoms with Crippen LogP contribution >= 0.6 is 0 Å². The Labute approximate surface area is 231 Å². The molecule has 0 fully saturated rings. The molecule has 7 nitrogen and oxygen atoms in total. The second-order valence-electron chi connectivity index (χ2n) is 9.25. The number of methoxy groups -OCH3 is 3. The van der Waals surface area contributed by atoms with Crippen molar-refractivity contribution in [2.45, 2.75) is 52.1 Å². The highest BCUT2D eigenvalue weighted by Gasteiger charge is 2.21. The maximum Gasteiger partial charge on any atom is 0.305 e. The third kappa shape index (κ3) is 8.77. The third-order valence-corrected chi connectivity index (χ3v) is 6.48. The number of hydrogen-bond donors (Lipinski definition) is 0. The highest BCUT2D eigenvalue weighted by molar-refractivity contribution is 5.76. The van der Waals surface area contributed by atoms with Gasteiger partial charge < -0.3 is 23.8 Å². The largest absolute Gasteiger partial charge is 0.496 e. The first-order chi connectivity index (χ1) is 19.0. The quantitative estimate of drug-likeness (QED) is 0.166. The van der Waals surface area contributed by atoms with E-state index in [0.717, 1.165) is 35.1 Å². The standard InChI is InChI=1S/C32H39NO6/c1-5-6-13-31(34)33(22-24-15-17-26(18-16-24)25-11-8-7-9-12-25)23-28-29(36-2)20-27(21-30(28)37-3)39-19-10-14-32(35)38-4/h7-9,11-12,15-18,20-21H,5-6,10,13-14,19,22-23H2,1-4H3. The van der Waals surface area contributed by atoms with Crippen molar-refractivity contribution in [3.63, 3.8) is 0 Å². The lowest BCUT2D eigenvalue weighted by molar-refractivity contribution is -0.140. The van der Waals surface area contributed by atoms with E-state index in [1.807, 2.05) is 23.1 Å². The summed E-state index contributed by atoms with van der Waals surface area (Å²) in [6, 6.07) is 22.1. The van der Waals surface area contributed by atoms with Gasteiger partial charge in [-0.1, -0.05) is 67.9 Å². The Morgan fingerprint density at radius 2 is 1.41 bits per heavy atom. The fraction of sp³-hybridized carbons (Fsp3) is 0.375. The molecule has 1 amide bonds. The summed E-state index contributed by atoms with van der Waals surface area (Å²) in [5.41, 5.74) is 4.10. The van der Waals surface area contributed by atoms with E-state index in [-0.39, 0.29) is 18.3 Å². The van der Waals surface area contributed by atoms with Crippen molar-refractivity contribution in [1.82, 2.24) is 4.90 Å². The summed E-state index contributed by atoms with van der Waals surface area (Å²) in [6.07, 6.45) is 3.06. The zero-order valence-electron chi connectivity index (χ0n) is 23.4. The van der Waals surface area contributed by atoms with Crippen molar-refractivity contribution in [3.8, 4) is 28.4 Å². The molecule has 0 radical (unpaired) electrons. The van der Waals surface area contributed by atoms with Gasteiger partial charge in [-0.25, -0.2) is 0 Å². The number of nitrogens with zero attached hydrogens (tertiary/aromatic N) is 1. The van der Waals surface area contributed by atoms with Crippen LogP contribution in [-0.2, 0) is 27.4 Å². The lowest BCUT2D eigenvalue weighted by Crippen LogP contribution is -2.30. The number of amides is 1. The number of hydrogen-bond acceptors (Lipinski definition) is 6. The zero-order valence-corrected chi connectivity index (χ0v) is 23.4. The molecule has 0 spiro atoms. The molecule has 0 aliphatic carbocycles. The van der Waals surface area contributed by atoms with Gasteiger partial charge in [-0.05, 0) is 29.5 Å². The Bertz CT molecular complexity index is 1170. The fourth-order valence-corrected chi connectivity index (χ4v) is 4.27. The molecular weight excluding hydrogens is 494 g/mol. The van der Waals surface area contributed by atoms with Crippen molar-refractivity contribution >= 4 is 11.9 Å². The summed E-state index contributed by atoms with van der Waals surface area (Å²) in [4.78, 5) is 26.5. The number of rotatable bonds is 15. The number of carbonyl (C=O) groups excluding carboxylic acids is 2. The van der Waals surface area contributed by atoms with Gasteiger partial charge in [0.05, 0.1) is 40.0 Å². The van der Waals surface area contributed by atoms with Crippen molar-refractivity contribution in [3.05, 3.63) is 77.9 Å². The number of unbranched alkanes of at least 4 members (excludes halogenated alkanes) is 1. The number of carbonyl (C=O) groups is 2.